The van der Waals surface area contributed by atoms with E-state index in [1.54, 1.807) is 7.11 Å². The Morgan fingerprint density at radius 1 is 1.09 bits per heavy atom. The van der Waals surface area contributed by atoms with Gasteiger partial charge in [-0.1, -0.05) is 26.0 Å². The highest BCUT2D eigenvalue weighted by Crippen LogP contribution is 2.13. The molecule has 23 heavy (non-hydrogen) atoms. The molecule has 124 valence electrons. The largest absolute Gasteiger partial charge is 0.497 e. The molecule has 1 aromatic carbocycles. The number of nitrogens with zero attached hydrogens (tertiary/aromatic N) is 2. The molecule has 0 aliphatic carbocycles. The van der Waals surface area contributed by atoms with E-state index in [0.717, 1.165) is 36.8 Å². The monoisotopic (exact) mass is 314 g/mol. The summed E-state index contributed by atoms with van der Waals surface area (Å²) in [5, 5.41) is 6.64. The van der Waals surface area contributed by atoms with Gasteiger partial charge >= 0.3 is 0 Å². The first-order valence-electron chi connectivity index (χ1n) is 8.03. The molecule has 1 aromatic heterocycles. The zero-order chi connectivity index (χ0) is 16.7. The predicted molar refractivity (Wildman–Crippen MR) is 95.3 cm³/mol. The highest BCUT2D eigenvalue weighted by atomic mass is 16.5. The number of hydrogen-bond donors (Lipinski definition) is 2. The fourth-order valence-corrected chi connectivity index (χ4v) is 2.16. The molecule has 5 nitrogen and oxygen atoms in total. The van der Waals surface area contributed by atoms with Crippen LogP contribution in [0.15, 0.2) is 30.3 Å². The van der Waals surface area contributed by atoms with E-state index in [4.69, 9.17) is 4.74 Å². The first kappa shape index (κ1) is 17.1. The Bertz CT molecular complexity index is 611. The van der Waals surface area contributed by atoms with E-state index in [1.165, 1.54) is 5.56 Å². The maximum Gasteiger partial charge on any atom is 0.224 e. The summed E-state index contributed by atoms with van der Waals surface area (Å²) in [4.78, 5) is 8.95. The fraction of sp³-hybridized carbons (Fsp3) is 0.444. The van der Waals surface area contributed by atoms with Gasteiger partial charge in [0.2, 0.25) is 5.95 Å². The molecule has 0 saturated heterocycles. The average molecular weight is 314 g/mol. The quantitative estimate of drug-likeness (QED) is 0.781. The lowest BCUT2D eigenvalue weighted by Crippen LogP contribution is -2.13. The van der Waals surface area contributed by atoms with Crippen molar-refractivity contribution in [3.63, 3.8) is 0 Å². The molecule has 2 aromatic rings. The maximum absolute atomic E-state index is 5.17. The minimum absolute atomic E-state index is 0.580. The molecule has 2 N–H and O–H groups in total. The summed E-state index contributed by atoms with van der Waals surface area (Å²) >= 11 is 0. The van der Waals surface area contributed by atoms with Crippen molar-refractivity contribution in [2.45, 2.75) is 27.2 Å². The van der Waals surface area contributed by atoms with Crippen molar-refractivity contribution in [2.75, 3.05) is 30.8 Å². The van der Waals surface area contributed by atoms with Crippen molar-refractivity contribution in [1.29, 1.82) is 0 Å². The molecule has 0 spiro atoms. The number of anilines is 2. The minimum Gasteiger partial charge on any atom is -0.497 e. The van der Waals surface area contributed by atoms with E-state index in [1.807, 2.05) is 25.1 Å². The second kappa shape index (κ2) is 8.36. The molecule has 5 heteroatoms. The number of rotatable bonds is 8. The lowest BCUT2D eigenvalue weighted by molar-refractivity contribution is 0.414. The average Bonchev–Trinajstić information content (AvgIpc) is 2.53. The topological polar surface area (TPSA) is 59.1 Å². The number of aryl methyl sites for hydroxylation is 1. The van der Waals surface area contributed by atoms with Crippen LogP contribution < -0.4 is 15.4 Å². The van der Waals surface area contributed by atoms with Crippen LogP contribution in [0.4, 0.5) is 11.8 Å². The standard InChI is InChI=1S/C18H26N4O/c1-13(2)12-20-17-11-14(3)21-18(22-17)19-10-9-15-5-7-16(23-4)8-6-15/h5-8,11,13H,9-10,12H2,1-4H3,(H2,19,20,21,22). The van der Waals surface area contributed by atoms with Crippen LogP contribution in [0.1, 0.15) is 25.1 Å². The molecule has 0 amide bonds. The smallest absolute Gasteiger partial charge is 0.224 e. The maximum atomic E-state index is 5.17. The van der Waals surface area contributed by atoms with E-state index < -0.39 is 0 Å². The van der Waals surface area contributed by atoms with Gasteiger partial charge in [-0.25, -0.2) is 4.98 Å². The molecule has 0 bridgehead atoms. The number of aromatic nitrogens is 2. The van der Waals surface area contributed by atoms with Gasteiger partial charge in [-0.3, -0.25) is 0 Å². The summed E-state index contributed by atoms with van der Waals surface area (Å²) in [6, 6.07) is 10.1. The van der Waals surface area contributed by atoms with Crippen molar-refractivity contribution < 1.29 is 4.74 Å². The van der Waals surface area contributed by atoms with Gasteiger partial charge in [-0.2, -0.15) is 4.98 Å². The molecular weight excluding hydrogens is 288 g/mol. The van der Waals surface area contributed by atoms with Gasteiger partial charge in [0, 0.05) is 24.8 Å². The number of benzene rings is 1. The van der Waals surface area contributed by atoms with E-state index in [2.05, 4.69) is 46.6 Å². The van der Waals surface area contributed by atoms with Gasteiger partial charge in [-0.15, -0.1) is 0 Å². The van der Waals surface area contributed by atoms with E-state index in [-0.39, 0.29) is 0 Å². The molecule has 0 radical (unpaired) electrons. The Hall–Kier alpha value is -2.30. The fourth-order valence-electron chi connectivity index (χ4n) is 2.16. The molecule has 2 rings (SSSR count). The van der Waals surface area contributed by atoms with Crippen molar-refractivity contribution >= 4 is 11.8 Å². The number of ether oxygens (including phenoxy) is 1. The Kier molecular flexibility index (Phi) is 6.20. The molecule has 0 aliphatic rings. The molecule has 0 aliphatic heterocycles. The third-order valence-electron chi connectivity index (χ3n) is 3.40. The lowest BCUT2D eigenvalue weighted by Gasteiger charge is -2.11. The lowest BCUT2D eigenvalue weighted by atomic mass is 10.1. The third kappa shape index (κ3) is 5.77. The molecule has 0 saturated carbocycles. The normalized spacial score (nSPS) is 10.7. The predicted octanol–water partition coefficient (Wildman–Crippen LogP) is 3.52. The molecular formula is C18H26N4O. The van der Waals surface area contributed by atoms with Crippen LogP contribution >= 0.6 is 0 Å². The van der Waals surface area contributed by atoms with Crippen molar-refractivity contribution in [3.8, 4) is 5.75 Å². The second-order valence-electron chi connectivity index (χ2n) is 6.02. The molecule has 0 unspecified atom stereocenters. The van der Waals surface area contributed by atoms with Crippen molar-refractivity contribution in [1.82, 2.24) is 9.97 Å². The Morgan fingerprint density at radius 3 is 2.48 bits per heavy atom. The van der Waals surface area contributed by atoms with Gasteiger partial charge in [0.15, 0.2) is 0 Å². The van der Waals surface area contributed by atoms with Gasteiger partial charge < -0.3 is 15.4 Å². The molecule has 1 heterocycles. The number of hydrogen-bond acceptors (Lipinski definition) is 5. The summed E-state index contributed by atoms with van der Waals surface area (Å²) in [7, 11) is 1.68. The summed E-state index contributed by atoms with van der Waals surface area (Å²) in [6.07, 6.45) is 0.913. The van der Waals surface area contributed by atoms with Gasteiger partial charge in [0.1, 0.15) is 11.6 Å². The number of nitrogens with one attached hydrogen (secondary N) is 2. The third-order valence-corrected chi connectivity index (χ3v) is 3.40. The Morgan fingerprint density at radius 2 is 1.83 bits per heavy atom. The highest BCUT2D eigenvalue weighted by molar-refractivity contribution is 5.42. The Balaban J connectivity index is 1.89. The number of methoxy groups -OCH3 is 1. The second-order valence-corrected chi connectivity index (χ2v) is 6.02. The van der Waals surface area contributed by atoms with Crippen LogP contribution in [-0.2, 0) is 6.42 Å². The van der Waals surface area contributed by atoms with Crippen LogP contribution in [0, 0.1) is 12.8 Å². The van der Waals surface area contributed by atoms with Gasteiger partial charge in [-0.05, 0) is 37.0 Å². The zero-order valence-electron chi connectivity index (χ0n) is 14.4. The summed E-state index contributed by atoms with van der Waals surface area (Å²) < 4.78 is 5.17. The first-order chi connectivity index (χ1) is 11.1. The van der Waals surface area contributed by atoms with Crippen LogP contribution in [0.5, 0.6) is 5.75 Å². The Labute approximate surface area is 138 Å². The SMILES string of the molecule is COc1ccc(CCNc2nc(C)cc(NCC(C)C)n2)cc1. The van der Waals surface area contributed by atoms with Crippen molar-refractivity contribution in [3.05, 3.63) is 41.6 Å². The molecule has 0 atom stereocenters. The van der Waals surface area contributed by atoms with Crippen LogP contribution in [0.2, 0.25) is 0 Å². The van der Waals surface area contributed by atoms with E-state index >= 15 is 0 Å². The van der Waals surface area contributed by atoms with E-state index in [9.17, 15) is 0 Å². The van der Waals surface area contributed by atoms with Gasteiger partial charge in [0.05, 0.1) is 7.11 Å². The minimum atomic E-state index is 0.580. The highest BCUT2D eigenvalue weighted by Gasteiger charge is 2.03. The summed E-state index contributed by atoms with van der Waals surface area (Å²) in [5.41, 5.74) is 2.21. The van der Waals surface area contributed by atoms with Crippen LogP contribution in [0.25, 0.3) is 0 Å². The van der Waals surface area contributed by atoms with Crippen LogP contribution in [-0.4, -0.2) is 30.2 Å². The summed E-state index contributed by atoms with van der Waals surface area (Å²) in [6.45, 7) is 8.03. The van der Waals surface area contributed by atoms with Gasteiger partial charge in [0.25, 0.3) is 0 Å². The van der Waals surface area contributed by atoms with Crippen molar-refractivity contribution in [2.24, 2.45) is 5.92 Å². The summed E-state index contributed by atoms with van der Waals surface area (Å²) in [5.74, 6) is 3.00. The first-order valence-corrected chi connectivity index (χ1v) is 8.03. The zero-order valence-corrected chi connectivity index (χ0v) is 14.4. The van der Waals surface area contributed by atoms with E-state index in [0.29, 0.717) is 11.9 Å². The molecule has 0 fully saturated rings. The van der Waals surface area contributed by atoms with Crippen LogP contribution in [0.3, 0.4) is 0 Å².